The lowest BCUT2D eigenvalue weighted by atomic mass is 10.1. The summed E-state index contributed by atoms with van der Waals surface area (Å²) in [5, 5.41) is 2.64. The van der Waals surface area contributed by atoms with E-state index in [4.69, 9.17) is 13.9 Å². The van der Waals surface area contributed by atoms with Crippen LogP contribution in [0.2, 0.25) is 0 Å². The van der Waals surface area contributed by atoms with Crippen LogP contribution in [0.3, 0.4) is 0 Å². The molecule has 0 saturated heterocycles. The molecular formula is C18H13F3N2O4S. The number of fused-ring (bicyclic) bond motifs is 2. The van der Waals surface area contributed by atoms with Gasteiger partial charge in [0, 0.05) is 11.5 Å². The van der Waals surface area contributed by atoms with Gasteiger partial charge in [0.2, 0.25) is 12.7 Å². The first-order valence-corrected chi connectivity index (χ1v) is 9.12. The number of carbonyl (C=O) groups excluding carboxylic acids is 1. The molecule has 0 bridgehead atoms. The first-order chi connectivity index (χ1) is 13.4. The van der Waals surface area contributed by atoms with Crippen LogP contribution in [0.1, 0.15) is 11.3 Å². The molecular weight excluding hydrogens is 397 g/mol. The second-order valence-electron chi connectivity index (χ2n) is 5.87. The number of furan rings is 1. The van der Waals surface area contributed by atoms with Crippen LogP contribution in [0.25, 0.3) is 10.9 Å². The van der Waals surface area contributed by atoms with Crippen LogP contribution in [-0.4, -0.2) is 23.4 Å². The summed E-state index contributed by atoms with van der Waals surface area (Å²) >= 11 is 0.918. The van der Waals surface area contributed by atoms with Gasteiger partial charge in [-0.25, -0.2) is 4.98 Å². The van der Waals surface area contributed by atoms with Gasteiger partial charge >= 0.3 is 6.18 Å². The molecule has 3 heterocycles. The highest BCUT2D eigenvalue weighted by atomic mass is 32.2. The quantitative estimate of drug-likeness (QED) is 0.642. The fourth-order valence-corrected chi connectivity index (χ4v) is 3.43. The van der Waals surface area contributed by atoms with E-state index >= 15 is 0 Å². The molecule has 28 heavy (non-hydrogen) atoms. The van der Waals surface area contributed by atoms with Gasteiger partial charge in [-0.1, -0.05) is 11.8 Å². The number of ether oxygens (including phenoxy) is 2. The number of pyridine rings is 1. The second kappa shape index (κ2) is 7.27. The summed E-state index contributed by atoms with van der Waals surface area (Å²) in [6.07, 6.45) is -3.09. The van der Waals surface area contributed by atoms with E-state index in [1.54, 1.807) is 12.1 Å². The Morgan fingerprint density at radius 2 is 2.00 bits per heavy atom. The molecule has 0 unspecified atom stereocenters. The number of hydrogen-bond donors (Lipinski definition) is 1. The highest BCUT2D eigenvalue weighted by Gasteiger charge is 2.34. The lowest BCUT2D eigenvalue weighted by Gasteiger charge is -2.13. The maximum Gasteiger partial charge on any atom is 0.417 e. The summed E-state index contributed by atoms with van der Waals surface area (Å²) in [7, 11) is 0. The predicted octanol–water partition coefficient (Wildman–Crippen LogP) is 3.98. The minimum Gasteiger partial charge on any atom is -0.467 e. The van der Waals surface area contributed by atoms with Crippen molar-refractivity contribution in [1.82, 2.24) is 10.3 Å². The Morgan fingerprint density at radius 3 is 2.71 bits per heavy atom. The van der Waals surface area contributed by atoms with Crippen LogP contribution < -0.4 is 14.8 Å². The number of amides is 1. The number of halogens is 3. The number of carbonyl (C=O) groups is 1. The molecule has 1 aliphatic rings. The van der Waals surface area contributed by atoms with Crippen molar-refractivity contribution < 1.29 is 31.9 Å². The van der Waals surface area contributed by atoms with Crippen LogP contribution in [0.4, 0.5) is 13.2 Å². The first-order valence-electron chi connectivity index (χ1n) is 8.13. The molecule has 4 rings (SSSR count). The number of aromatic nitrogens is 1. The normalized spacial score (nSPS) is 13.1. The Balaban J connectivity index is 1.55. The lowest BCUT2D eigenvalue weighted by molar-refractivity contribution is -0.136. The van der Waals surface area contributed by atoms with Crippen molar-refractivity contribution in [3.05, 3.63) is 47.9 Å². The Bertz CT molecular complexity index is 1020. The third kappa shape index (κ3) is 3.86. The summed E-state index contributed by atoms with van der Waals surface area (Å²) < 4.78 is 56.1. The monoisotopic (exact) mass is 410 g/mol. The average molecular weight is 410 g/mol. The molecule has 0 spiro atoms. The SMILES string of the molecule is O=C(CSc1cc(C(F)(F)F)c2cc3c(cc2n1)OCO3)NCc1ccco1. The number of nitrogens with zero attached hydrogens (tertiary/aromatic N) is 1. The number of benzene rings is 1. The van der Waals surface area contributed by atoms with Gasteiger partial charge in [-0.05, 0) is 24.3 Å². The van der Waals surface area contributed by atoms with Gasteiger partial charge in [0.1, 0.15) is 5.76 Å². The zero-order valence-corrected chi connectivity index (χ0v) is 15.0. The molecule has 6 nitrogen and oxygen atoms in total. The highest BCUT2D eigenvalue weighted by Crippen LogP contribution is 2.42. The maximum absolute atomic E-state index is 13.5. The molecule has 0 aliphatic carbocycles. The molecule has 10 heteroatoms. The van der Waals surface area contributed by atoms with Crippen molar-refractivity contribution in [2.75, 3.05) is 12.5 Å². The molecule has 3 aromatic rings. The molecule has 2 aromatic heterocycles. The molecule has 1 amide bonds. The number of rotatable bonds is 5. The van der Waals surface area contributed by atoms with Gasteiger partial charge in [-0.15, -0.1) is 0 Å². The first kappa shape index (κ1) is 18.5. The van der Waals surface area contributed by atoms with Crippen LogP contribution in [0, 0.1) is 0 Å². The van der Waals surface area contributed by atoms with Crippen molar-refractivity contribution >= 4 is 28.6 Å². The summed E-state index contributed by atoms with van der Waals surface area (Å²) in [4.78, 5) is 16.2. The molecule has 0 atom stereocenters. The molecule has 0 fully saturated rings. The summed E-state index contributed by atoms with van der Waals surface area (Å²) in [6, 6.07) is 7.03. The van der Waals surface area contributed by atoms with E-state index in [2.05, 4.69) is 10.3 Å². The average Bonchev–Trinajstić information content (AvgIpc) is 3.32. The van der Waals surface area contributed by atoms with E-state index < -0.39 is 11.7 Å². The van der Waals surface area contributed by atoms with E-state index in [9.17, 15) is 18.0 Å². The zero-order chi connectivity index (χ0) is 19.7. The molecule has 1 aromatic carbocycles. The highest BCUT2D eigenvalue weighted by molar-refractivity contribution is 7.99. The molecule has 0 radical (unpaired) electrons. The largest absolute Gasteiger partial charge is 0.467 e. The van der Waals surface area contributed by atoms with Crippen LogP contribution in [0.5, 0.6) is 11.5 Å². The molecule has 146 valence electrons. The van der Waals surface area contributed by atoms with Crippen LogP contribution in [-0.2, 0) is 17.5 Å². The predicted molar refractivity (Wildman–Crippen MR) is 94.1 cm³/mol. The fraction of sp³-hybridized carbons (Fsp3) is 0.222. The van der Waals surface area contributed by atoms with Crippen molar-refractivity contribution in [3.63, 3.8) is 0 Å². The number of nitrogens with one attached hydrogen (secondary N) is 1. The Morgan fingerprint density at radius 1 is 1.21 bits per heavy atom. The second-order valence-corrected chi connectivity index (χ2v) is 6.87. The fourth-order valence-electron chi connectivity index (χ4n) is 2.69. The summed E-state index contributed by atoms with van der Waals surface area (Å²) in [5.74, 6) is 0.741. The van der Waals surface area contributed by atoms with Crippen LogP contribution in [0.15, 0.2) is 46.0 Å². The summed E-state index contributed by atoms with van der Waals surface area (Å²) in [6.45, 7) is 0.152. The van der Waals surface area contributed by atoms with Crippen molar-refractivity contribution in [3.8, 4) is 11.5 Å². The Kier molecular flexibility index (Phi) is 4.80. The van der Waals surface area contributed by atoms with E-state index in [0.717, 1.165) is 17.8 Å². The van der Waals surface area contributed by atoms with E-state index in [0.29, 0.717) is 11.5 Å². The molecule has 1 N–H and O–H groups in total. The smallest absolute Gasteiger partial charge is 0.417 e. The van der Waals surface area contributed by atoms with Gasteiger partial charge in [-0.3, -0.25) is 4.79 Å². The van der Waals surface area contributed by atoms with E-state index in [1.165, 1.54) is 18.4 Å². The minimum atomic E-state index is -4.58. The number of hydrogen-bond acceptors (Lipinski definition) is 6. The van der Waals surface area contributed by atoms with Gasteiger partial charge in [-0.2, -0.15) is 13.2 Å². The topological polar surface area (TPSA) is 73.6 Å². The van der Waals surface area contributed by atoms with Gasteiger partial charge < -0.3 is 19.2 Å². The molecule has 0 saturated carbocycles. The third-order valence-electron chi connectivity index (χ3n) is 3.98. The lowest BCUT2D eigenvalue weighted by Crippen LogP contribution is -2.24. The van der Waals surface area contributed by atoms with Crippen molar-refractivity contribution in [2.24, 2.45) is 0 Å². The summed E-state index contributed by atoms with van der Waals surface area (Å²) in [5.41, 5.74) is -0.716. The number of alkyl halides is 3. The van der Waals surface area contributed by atoms with Gasteiger partial charge in [0.15, 0.2) is 11.5 Å². The van der Waals surface area contributed by atoms with Crippen molar-refractivity contribution in [2.45, 2.75) is 17.7 Å². The Hall–Kier alpha value is -2.88. The maximum atomic E-state index is 13.5. The van der Waals surface area contributed by atoms with Crippen LogP contribution >= 0.6 is 11.8 Å². The van der Waals surface area contributed by atoms with Crippen molar-refractivity contribution in [1.29, 1.82) is 0 Å². The minimum absolute atomic E-state index is 0.0511. The standard InChI is InChI=1S/C18H13F3N2O4S/c19-18(20,21)12-5-17(28-8-16(24)22-7-10-2-1-3-25-10)23-13-6-15-14(4-11(12)13)26-9-27-15/h1-6H,7-9H2,(H,22,24). The van der Waals surface area contributed by atoms with Gasteiger partial charge in [0.25, 0.3) is 0 Å². The number of thioether (sulfide) groups is 1. The van der Waals surface area contributed by atoms with E-state index in [1.807, 2.05) is 0 Å². The Labute approximate surface area is 161 Å². The van der Waals surface area contributed by atoms with E-state index in [-0.39, 0.29) is 46.7 Å². The third-order valence-corrected chi connectivity index (χ3v) is 4.89. The van der Waals surface area contributed by atoms with Gasteiger partial charge in [0.05, 0.1) is 34.7 Å². The molecule has 1 aliphatic heterocycles. The zero-order valence-electron chi connectivity index (χ0n) is 14.2.